The van der Waals surface area contributed by atoms with E-state index >= 15 is 0 Å². The number of ether oxygens (including phenoxy) is 3. The number of alkyl halides is 1. The van der Waals surface area contributed by atoms with Crippen molar-refractivity contribution in [2.45, 2.75) is 13.0 Å². The first-order valence-corrected chi connectivity index (χ1v) is 7.26. The molecule has 6 heteroatoms. The standard InChI is InChI=1S/C14H20BrNO4/c1-9(8-15)16(2)14(17)10-6-7-11(18-3)13(20-5)12(10)19-4/h6-7,9H,8H2,1-5H3. The molecule has 0 saturated carbocycles. The van der Waals surface area contributed by atoms with Gasteiger partial charge in [-0.3, -0.25) is 4.79 Å². The van der Waals surface area contributed by atoms with Crippen LogP contribution in [0.25, 0.3) is 0 Å². The zero-order valence-corrected chi connectivity index (χ0v) is 14.0. The van der Waals surface area contributed by atoms with Gasteiger partial charge in [0.05, 0.1) is 26.9 Å². The summed E-state index contributed by atoms with van der Waals surface area (Å²) in [5.41, 5.74) is 0.445. The summed E-state index contributed by atoms with van der Waals surface area (Å²) in [5.74, 6) is 1.19. The third-order valence-electron chi connectivity index (χ3n) is 3.14. The van der Waals surface area contributed by atoms with E-state index < -0.39 is 0 Å². The Morgan fingerprint density at radius 1 is 1.20 bits per heavy atom. The zero-order chi connectivity index (χ0) is 15.3. The highest BCUT2D eigenvalue weighted by molar-refractivity contribution is 9.09. The molecule has 5 nitrogen and oxygen atoms in total. The number of nitrogens with zero attached hydrogens (tertiary/aromatic N) is 1. The molecular formula is C14H20BrNO4. The minimum Gasteiger partial charge on any atom is -0.493 e. The van der Waals surface area contributed by atoms with E-state index in [0.29, 0.717) is 28.1 Å². The average molecular weight is 346 g/mol. The third-order valence-corrected chi connectivity index (χ3v) is 4.08. The van der Waals surface area contributed by atoms with E-state index in [1.54, 1.807) is 24.1 Å². The van der Waals surface area contributed by atoms with Crippen molar-refractivity contribution in [2.24, 2.45) is 0 Å². The van der Waals surface area contributed by atoms with E-state index in [1.165, 1.54) is 21.3 Å². The molecule has 1 aromatic rings. The lowest BCUT2D eigenvalue weighted by Crippen LogP contribution is -2.36. The molecule has 1 unspecified atom stereocenters. The Kier molecular flexibility index (Phi) is 6.13. The van der Waals surface area contributed by atoms with Crippen LogP contribution in [0.5, 0.6) is 17.2 Å². The van der Waals surface area contributed by atoms with Gasteiger partial charge < -0.3 is 19.1 Å². The van der Waals surface area contributed by atoms with Crippen molar-refractivity contribution in [3.63, 3.8) is 0 Å². The van der Waals surface area contributed by atoms with E-state index in [9.17, 15) is 4.79 Å². The van der Waals surface area contributed by atoms with Gasteiger partial charge in [0.15, 0.2) is 11.5 Å². The minimum atomic E-state index is -0.130. The topological polar surface area (TPSA) is 48.0 Å². The lowest BCUT2D eigenvalue weighted by atomic mass is 10.1. The summed E-state index contributed by atoms with van der Waals surface area (Å²) in [5, 5.41) is 0.699. The summed E-state index contributed by atoms with van der Waals surface area (Å²) in [6.45, 7) is 1.96. The minimum absolute atomic E-state index is 0.0697. The van der Waals surface area contributed by atoms with Crippen LogP contribution in [0.4, 0.5) is 0 Å². The fourth-order valence-electron chi connectivity index (χ4n) is 1.76. The number of amides is 1. The second-order valence-electron chi connectivity index (χ2n) is 4.30. The molecule has 1 aromatic carbocycles. The van der Waals surface area contributed by atoms with Gasteiger partial charge in [0.2, 0.25) is 5.75 Å². The molecular weight excluding hydrogens is 326 g/mol. The summed E-state index contributed by atoms with van der Waals surface area (Å²) in [6.07, 6.45) is 0. The Morgan fingerprint density at radius 2 is 1.80 bits per heavy atom. The Labute approximate surface area is 127 Å². The summed E-state index contributed by atoms with van der Waals surface area (Å²) in [4.78, 5) is 14.2. The molecule has 0 heterocycles. The van der Waals surface area contributed by atoms with Gasteiger partial charge in [0.25, 0.3) is 5.91 Å². The predicted molar refractivity (Wildman–Crippen MR) is 81.4 cm³/mol. The Bertz CT molecular complexity index is 478. The molecule has 1 atom stereocenters. The summed E-state index contributed by atoms with van der Waals surface area (Å²) < 4.78 is 15.8. The van der Waals surface area contributed by atoms with Crippen molar-refractivity contribution in [1.29, 1.82) is 0 Å². The average Bonchev–Trinajstić information content (AvgIpc) is 2.50. The highest BCUT2D eigenvalue weighted by Gasteiger charge is 2.24. The fourth-order valence-corrected chi connectivity index (χ4v) is 2.20. The molecule has 0 bridgehead atoms. The number of carbonyl (C=O) groups excluding carboxylic acids is 1. The summed E-state index contributed by atoms with van der Waals surface area (Å²) in [7, 11) is 6.31. The van der Waals surface area contributed by atoms with Crippen molar-refractivity contribution < 1.29 is 19.0 Å². The predicted octanol–water partition coefficient (Wildman–Crippen LogP) is 2.57. The molecule has 0 aliphatic carbocycles. The van der Waals surface area contributed by atoms with Crippen LogP contribution in [0.1, 0.15) is 17.3 Å². The molecule has 1 rings (SSSR count). The third kappa shape index (κ3) is 3.17. The second-order valence-corrected chi connectivity index (χ2v) is 4.95. The lowest BCUT2D eigenvalue weighted by molar-refractivity contribution is 0.0754. The van der Waals surface area contributed by atoms with E-state index in [1.807, 2.05) is 6.92 Å². The Hall–Kier alpha value is -1.43. The van der Waals surface area contributed by atoms with Crippen molar-refractivity contribution >= 4 is 21.8 Å². The van der Waals surface area contributed by atoms with Crippen molar-refractivity contribution in [3.8, 4) is 17.2 Å². The normalized spacial score (nSPS) is 11.7. The van der Waals surface area contributed by atoms with Gasteiger partial charge in [-0.25, -0.2) is 0 Å². The van der Waals surface area contributed by atoms with E-state index in [2.05, 4.69) is 15.9 Å². The van der Waals surface area contributed by atoms with Crippen LogP contribution >= 0.6 is 15.9 Å². The number of benzene rings is 1. The number of halogens is 1. The van der Waals surface area contributed by atoms with E-state index in [4.69, 9.17) is 14.2 Å². The smallest absolute Gasteiger partial charge is 0.257 e. The maximum atomic E-state index is 12.5. The largest absolute Gasteiger partial charge is 0.493 e. The Balaban J connectivity index is 3.28. The van der Waals surface area contributed by atoms with Crippen LogP contribution in [-0.4, -0.2) is 50.6 Å². The van der Waals surface area contributed by atoms with Crippen LogP contribution in [0, 0.1) is 0 Å². The molecule has 0 radical (unpaired) electrons. The van der Waals surface area contributed by atoms with Crippen LogP contribution in [0.3, 0.4) is 0 Å². The van der Waals surface area contributed by atoms with Gasteiger partial charge >= 0.3 is 0 Å². The van der Waals surface area contributed by atoms with Gasteiger partial charge in [-0.2, -0.15) is 0 Å². The highest BCUT2D eigenvalue weighted by Crippen LogP contribution is 2.40. The van der Waals surface area contributed by atoms with Crippen LogP contribution in [-0.2, 0) is 0 Å². The lowest BCUT2D eigenvalue weighted by Gasteiger charge is -2.24. The number of hydrogen-bond donors (Lipinski definition) is 0. The first kappa shape index (κ1) is 16.6. The van der Waals surface area contributed by atoms with Gasteiger partial charge in [-0.1, -0.05) is 15.9 Å². The van der Waals surface area contributed by atoms with Crippen LogP contribution < -0.4 is 14.2 Å². The summed E-state index contributed by atoms with van der Waals surface area (Å²) in [6, 6.07) is 3.45. The van der Waals surface area contributed by atoms with Gasteiger partial charge in [0, 0.05) is 18.4 Å². The molecule has 0 aliphatic rings. The van der Waals surface area contributed by atoms with Gasteiger partial charge in [0.1, 0.15) is 0 Å². The molecule has 0 N–H and O–H groups in total. The fraction of sp³-hybridized carbons (Fsp3) is 0.500. The molecule has 0 aromatic heterocycles. The molecule has 0 fully saturated rings. The first-order chi connectivity index (χ1) is 9.51. The number of carbonyl (C=O) groups is 1. The van der Waals surface area contributed by atoms with Crippen LogP contribution in [0.15, 0.2) is 12.1 Å². The van der Waals surface area contributed by atoms with Crippen molar-refractivity contribution in [1.82, 2.24) is 4.90 Å². The monoisotopic (exact) mass is 345 g/mol. The summed E-state index contributed by atoms with van der Waals surface area (Å²) >= 11 is 3.37. The Morgan fingerprint density at radius 3 is 2.25 bits per heavy atom. The quantitative estimate of drug-likeness (QED) is 0.743. The van der Waals surface area contributed by atoms with Gasteiger partial charge in [-0.15, -0.1) is 0 Å². The van der Waals surface area contributed by atoms with E-state index in [0.717, 1.165) is 0 Å². The SMILES string of the molecule is COc1ccc(C(=O)N(C)C(C)CBr)c(OC)c1OC. The second kappa shape index (κ2) is 7.38. The van der Waals surface area contributed by atoms with E-state index in [-0.39, 0.29) is 11.9 Å². The number of rotatable bonds is 6. The molecule has 0 saturated heterocycles. The number of methoxy groups -OCH3 is 3. The molecule has 1 amide bonds. The highest BCUT2D eigenvalue weighted by atomic mass is 79.9. The zero-order valence-electron chi connectivity index (χ0n) is 12.4. The molecule has 20 heavy (non-hydrogen) atoms. The maximum Gasteiger partial charge on any atom is 0.257 e. The number of hydrogen-bond acceptors (Lipinski definition) is 4. The molecule has 0 aliphatic heterocycles. The van der Waals surface area contributed by atoms with Gasteiger partial charge in [-0.05, 0) is 19.1 Å². The van der Waals surface area contributed by atoms with Crippen molar-refractivity contribution in [2.75, 3.05) is 33.7 Å². The van der Waals surface area contributed by atoms with Crippen LogP contribution in [0.2, 0.25) is 0 Å². The molecule has 112 valence electrons. The van der Waals surface area contributed by atoms with Crippen molar-refractivity contribution in [3.05, 3.63) is 17.7 Å². The molecule has 0 spiro atoms. The first-order valence-electron chi connectivity index (χ1n) is 6.13. The maximum absolute atomic E-state index is 12.5.